The fourth-order valence-corrected chi connectivity index (χ4v) is 11.7. The van der Waals surface area contributed by atoms with Crippen LogP contribution in [0.25, 0.3) is 0 Å². The van der Waals surface area contributed by atoms with E-state index >= 15 is 0 Å². The molecule has 2 saturated heterocycles. The van der Waals surface area contributed by atoms with Crippen LogP contribution in [0.1, 0.15) is 100 Å². The maximum atomic E-state index is 14.0. The van der Waals surface area contributed by atoms with Crippen molar-refractivity contribution in [1.29, 1.82) is 0 Å². The highest BCUT2D eigenvalue weighted by Crippen LogP contribution is 2.86. The molecule has 6 rings (SSSR count). The summed E-state index contributed by atoms with van der Waals surface area (Å²) in [5, 5.41) is 52.7. The molecule has 5 fully saturated rings. The lowest BCUT2D eigenvalue weighted by Crippen LogP contribution is -2.62. The minimum Gasteiger partial charge on any atom is -0.481 e. The third-order valence-corrected chi connectivity index (χ3v) is 14.4. The molecule has 49 heavy (non-hydrogen) atoms. The summed E-state index contributed by atoms with van der Waals surface area (Å²) < 4.78 is 23.4. The summed E-state index contributed by atoms with van der Waals surface area (Å²) in [6, 6.07) is 0. The first kappa shape index (κ1) is 36.7. The number of aliphatic carboxylic acids is 1. The van der Waals surface area contributed by atoms with E-state index in [-0.39, 0.29) is 40.8 Å². The molecule has 3 saturated carbocycles. The summed E-state index contributed by atoms with van der Waals surface area (Å²) in [5.41, 5.74) is -3.71. The van der Waals surface area contributed by atoms with Crippen LogP contribution < -0.4 is 0 Å². The molecule has 276 valence electrons. The molecule has 14 atom stereocenters. The molecule has 2 spiro atoms. The van der Waals surface area contributed by atoms with E-state index < -0.39 is 77.1 Å². The number of aliphatic hydroxyl groups is 4. The van der Waals surface area contributed by atoms with Crippen molar-refractivity contribution in [2.45, 2.75) is 149 Å². The lowest BCUT2D eigenvalue weighted by atomic mass is 9.42. The van der Waals surface area contributed by atoms with Gasteiger partial charge in [0.15, 0.2) is 12.4 Å². The molecule has 0 radical (unpaired) electrons. The van der Waals surface area contributed by atoms with E-state index in [1.165, 1.54) is 20.8 Å². The number of hydrogen-bond acceptors (Lipinski definition) is 11. The maximum absolute atomic E-state index is 14.0. The Kier molecular flexibility index (Phi) is 8.77. The van der Waals surface area contributed by atoms with Gasteiger partial charge in [-0.2, -0.15) is 0 Å². The van der Waals surface area contributed by atoms with E-state index in [1.54, 1.807) is 6.92 Å². The number of cyclic esters (lactones) is 1. The lowest BCUT2D eigenvalue weighted by Gasteiger charge is -2.61. The Morgan fingerprint density at radius 2 is 1.73 bits per heavy atom. The van der Waals surface area contributed by atoms with Crippen LogP contribution in [-0.4, -0.2) is 98.6 Å². The number of carboxylic acid groups (broad SMARTS) is 1. The first-order chi connectivity index (χ1) is 22.6. The van der Waals surface area contributed by atoms with Gasteiger partial charge in [-0.1, -0.05) is 33.8 Å². The number of hydrogen-bond donors (Lipinski definition) is 5. The van der Waals surface area contributed by atoms with Crippen molar-refractivity contribution in [2.24, 2.45) is 44.8 Å². The Labute approximate surface area is 288 Å². The molecule has 2 heterocycles. The zero-order valence-electron chi connectivity index (χ0n) is 30.1. The SMILES string of the molecule is CC(=O)O[C@@H]([C@@H]1C[C@@H](C)[C@H]([C@@]2(C)CC[C@]34C[C@]35CC[C@H](O[C@H]3OC[C@@H](O)[C@@H](O)[C@H]3O)C(C)(C)[C@@H]5CC=C4[C@]2(C)C(=O)O)C(=O)O1)C(C)(C)O. The average molecular weight is 693 g/mol. The summed E-state index contributed by atoms with van der Waals surface area (Å²) in [5.74, 6) is -2.95. The van der Waals surface area contributed by atoms with Crippen molar-refractivity contribution in [3.8, 4) is 0 Å². The van der Waals surface area contributed by atoms with E-state index in [1.807, 2.05) is 13.8 Å². The van der Waals surface area contributed by atoms with Gasteiger partial charge in [0.25, 0.3) is 0 Å². The maximum Gasteiger partial charge on any atom is 0.314 e. The van der Waals surface area contributed by atoms with Gasteiger partial charge in [0.1, 0.15) is 24.4 Å². The minimum atomic E-state index is -1.46. The number of esters is 2. The van der Waals surface area contributed by atoms with E-state index in [4.69, 9.17) is 18.9 Å². The van der Waals surface area contributed by atoms with Crippen LogP contribution in [0.2, 0.25) is 0 Å². The van der Waals surface area contributed by atoms with Gasteiger partial charge < -0.3 is 44.5 Å². The molecule has 4 aliphatic carbocycles. The second-order valence-electron chi connectivity index (χ2n) is 17.8. The fraction of sp³-hybridized carbons (Fsp3) is 0.865. The van der Waals surface area contributed by atoms with Crippen molar-refractivity contribution < 1.29 is 58.9 Å². The summed E-state index contributed by atoms with van der Waals surface area (Å²) >= 11 is 0. The Bertz CT molecular complexity index is 1400. The number of carbonyl (C=O) groups is 3. The topological polar surface area (TPSA) is 189 Å². The molecule has 0 unspecified atom stereocenters. The van der Waals surface area contributed by atoms with E-state index in [0.29, 0.717) is 25.7 Å². The highest BCUT2D eigenvalue weighted by Gasteiger charge is 2.81. The third-order valence-electron chi connectivity index (χ3n) is 14.4. The number of ether oxygens (including phenoxy) is 4. The van der Waals surface area contributed by atoms with Crippen molar-refractivity contribution >= 4 is 17.9 Å². The van der Waals surface area contributed by atoms with E-state index in [9.17, 15) is 39.9 Å². The summed E-state index contributed by atoms with van der Waals surface area (Å²) in [7, 11) is 0. The fourth-order valence-electron chi connectivity index (χ4n) is 11.7. The highest BCUT2D eigenvalue weighted by atomic mass is 16.7. The molecule has 12 nitrogen and oxygen atoms in total. The van der Waals surface area contributed by atoms with Crippen LogP contribution in [0.5, 0.6) is 0 Å². The number of carbonyl (C=O) groups excluding carboxylic acids is 2. The van der Waals surface area contributed by atoms with Gasteiger partial charge in [0.2, 0.25) is 0 Å². The van der Waals surface area contributed by atoms with E-state index in [0.717, 1.165) is 24.8 Å². The second-order valence-corrected chi connectivity index (χ2v) is 17.8. The Balaban J connectivity index is 1.28. The highest BCUT2D eigenvalue weighted by molar-refractivity contribution is 5.84. The zero-order valence-corrected chi connectivity index (χ0v) is 30.1. The number of carboxylic acids is 1. The lowest BCUT2D eigenvalue weighted by molar-refractivity contribution is -0.300. The van der Waals surface area contributed by atoms with Crippen molar-refractivity contribution in [2.75, 3.05) is 6.61 Å². The Morgan fingerprint density at radius 3 is 2.33 bits per heavy atom. The van der Waals surface area contributed by atoms with Gasteiger partial charge in [-0.3, -0.25) is 14.4 Å². The third kappa shape index (κ3) is 5.17. The molecule has 5 N–H and O–H groups in total. The van der Waals surface area contributed by atoms with Crippen LogP contribution in [0, 0.1) is 44.8 Å². The van der Waals surface area contributed by atoms with Gasteiger partial charge in [-0.25, -0.2) is 0 Å². The second kappa shape index (κ2) is 11.7. The largest absolute Gasteiger partial charge is 0.481 e. The smallest absolute Gasteiger partial charge is 0.314 e. The summed E-state index contributed by atoms with van der Waals surface area (Å²) in [4.78, 5) is 39.6. The zero-order chi connectivity index (χ0) is 36.3. The quantitative estimate of drug-likeness (QED) is 0.194. The van der Waals surface area contributed by atoms with Crippen molar-refractivity contribution in [3.63, 3.8) is 0 Å². The Hall–Kier alpha value is -2.09. The van der Waals surface area contributed by atoms with Gasteiger partial charge in [0.05, 0.1) is 29.6 Å². The molecule has 12 heteroatoms. The first-order valence-corrected chi connectivity index (χ1v) is 17.9. The molecule has 0 amide bonds. The van der Waals surface area contributed by atoms with Crippen molar-refractivity contribution in [1.82, 2.24) is 0 Å². The average Bonchev–Trinajstić information content (AvgIpc) is 3.66. The number of aliphatic hydroxyl groups excluding tert-OH is 3. The van der Waals surface area contributed by atoms with Crippen LogP contribution >= 0.6 is 0 Å². The van der Waals surface area contributed by atoms with Gasteiger partial charge in [-0.15, -0.1) is 0 Å². The number of rotatable bonds is 7. The predicted molar refractivity (Wildman–Crippen MR) is 173 cm³/mol. The predicted octanol–water partition coefficient (Wildman–Crippen LogP) is 3.11. The Morgan fingerprint density at radius 1 is 1.06 bits per heavy atom. The molecule has 0 aromatic carbocycles. The standard InChI is InChI=1S/C37H56O12/c1-18-15-21(28(33(5,6)45)47-19(2)38)48-29(42)25(18)34(7)13-14-37-17-36(37)12-11-24(49-30-27(41)26(40)20(39)16-46-30)32(3,4)22(36)9-10-23(37)35(34,8)31(43)44/h10,18,20-22,24-28,30,39-41,45H,9,11-17H2,1-8H3,(H,43,44)/t18-,20-,21+,22+,24+,25+,26-,27-,28+,30-,34-,35-,36+,37-/m1/s1. The van der Waals surface area contributed by atoms with Gasteiger partial charge >= 0.3 is 17.9 Å². The normalized spacial score (nSPS) is 48.1. The summed E-state index contributed by atoms with van der Waals surface area (Å²) in [6.45, 7) is 14.1. The minimum absolute atomic E-state index is 0.131. The van der Waals surface area contributed by atoms with Crippen LogP contribution in [0.4, 0.5) is 0 Å². The summed E-state index contributed by atoms with van der Waals surface area (Å²) in [6.07, 6.45) is -0.534. The molecular weight excluding hydrogens is 636 g/mol. The van der Waals surface area contributed by atoms with E-state index in [2.05, 4.69) is 19.9 Å². The molecular formula is C37H56O12. The molecule has 2 aliphatic heterocycles. The molecule has 0 aromatic heterocycles. The number of allylic oxidation sites excluding steroid dienone is 1. The van der Waals surface area contributed by atoms with Gasteiger partial charge in [-0.05, 0) is 99.4 Å². The molecule has 0 bridgehead atoms. The van der Waals surface area contributed by atoms with Gasteiger partial charge in [0, 0.05) is 12.3 Å². The molecule has 0 aromatic rings. The van der Waals surface area contributed by atoms with Crippen molar-refractivity contribution in [3.05, 3.63) is 11.6 Å². The first-order valence-electron chi connectivity index (χ1n) is 17.9. The van der Waals surface area contributed by atoms with Crippen LogP contribution in [-0.2, 0) is 33.3 Å². The molecule has 6 aliphatic rings. The monoisotopic (exact) mass is 692 g/mol. The van der Waals surface area contributed by atoms with Crippen LogP contribution in [0.15, 0.2) is 11.6 Å². The van der Waals surface area contributed by atoms with Crippen LogP contribution in [0.3, 0.4) is 0 Å².